The van der Waals surface area contributed by atoms with Crippen LogP contribution in [0.2, 0.25) is 0 Å². The van der Waals surface area contributed by atoms with Crippen LogP contribution in [0.25, 0.3) is 0 Å². The molecule has 1 heterocycles. The molecular weight excluding hydrogens is 180 g/mol. The van der Waals surface area contributed by atoms with Crippen molar-refractivity contribution in [3.8, 4) is 0 Å². The van der Waals surface area contributed by atoms with Crippen LogP contribution in [0.3, 0.4) is 0 Å². The van der Waals surface area contributed by atoms with Gasteiger partial charge in [-0.2, -0.15) is 0 Å². The highest BCUT2D eigenvalue weighted by Crippen LogP contribution is 2.27. The molecule has 2 rings (SSSR count). The minimum atomic E-state index is -0.0453. The molecule has 0 atom stereocenters. The van der Waals surface area contributed by atoms with Gasteiger partial charge in [0.05, 0.1) is 12.2 Å². The van der Waals surface area contributed by atoms with E-state index in [0.717, 1.165) is 11.3 Å². The van der Waals surface area contributed by atoms with E-state index in [4.69, 9.17) is 5.21 Å². The zero-order valence-corrected chi connectivity index (χ0v) is 7.77. The van der Waals surface area contributed by atoms with E-state index in [1.165, 1.54) is 6.92 Å². The van der Waals surface area contributed by atoms with Crippen LogP contribution in [0.5, 0.6) is 0 Å². The number of carbonyl (C=O) groups is 1. The highest BCUT2D eigenvalue weighted by molar-refractivity contribution is 6.17. The Morgan fingerprint density at radius 3 is 2.86 bits per heavy atom. The molecule has 4 heteroatoms. The fourth-order valence-corrected chi connectivity index (χ4v) is 1.64. The lowest BCUT2D eigenvalue weighted by Crippen LogP contribution is -2.27. The molecule has 1 aromatic carbocycles. The maximum absolute atomic E-state index is 11.3. The summed E-state index contributed by atoms with van der Waals surface area (Å²) in [7, 11) is 0. The van der Waals surface area contributed by atoms with E-state index in [0.29, 0.717) is 12.3 Å². The summed E-state index contributed by atoms with van der Waals surface area (Å²) in [5, 5.41) is 11.9. The predicted octanol–water partition coefficient (Wildman–Crippen LogP) is 1.23. The quantitative estimate of drug-likeness (QED) is 0.494. The summed E-state index contributed by atoms with van der Waals surface area (Å²) >= 11 is 0. The number of para-hydroxylation sites is 1. The van der Waals surface area contributed by atoms with Gasteiger partial charge in [0, 0.05) is 12.5 Å². The van der Waals surface area contributed by atoms with Crippen molar-refractivity contribution in [2.75, 3.05) is 11.4 Å². The van der Waals surface area contributed by atoms with Crippen LogP contribution in [0, 0.1) is 0 Å². The van der Waals surface area contributed by atoms with E-state index in [2.05, 4.69) is 5.16 Å². The molecular formula is C10H10N2O2. The first-order valence-electron chi connectivity index (χ1n) is 4.32. The number of carbonyl (C=O) groups excluding carboxylic acids is 1. The Morgan fingerprint density at radius 1 is 1.50 bits per heavy atom. The Labute approximate surface area is 81.5 Å². The Hall–Kier alpha value is -1.84. The van der Waals surface area contributed by atoms with Gasteiger partial charge in [-0.05, 0) is 6.07 Å². The van der Waals surface area contributed by atoms with Gasteiger partial charge in [0.1, 0.15) is 5.71 Å². The van der Waals surface area contributed by atoms with E-state index in [1.54, 1.807) is 4.90 Å². The zero-order valence-electron chi connectivity index (χ0n) is 7.77. The molecule has 4 nitrogen and oxygen atoms in total. The number of nitrogens with zero attached hydrogens (tertiary/aromatic N) is 2. The van der Waals surface area contributed by atoms with Crippen molar-refractivity contribution in [3.63, 3.8) is 0 Å². The summed E-state index contributed by atoms with van der Waals surface area (Å²) in [6, 6.07) is 7.39. The maximum Gasteiger partial charge on any atom is 0.224 e. The van der Waals surface area contributed by atoms with Crippen molar-refractivity contribution >= 4 is 17.3 Å². The molecule has 0 radical (unpaired) electrons. The van der Waals surface area contributed by atoms with E-state index in [1.807, 2.05) is 24.3 Å². The molecule has 0 saturated heterocycles. The molecule has 0 fully saturated rings. The number of hydrogen-bond acceptors (Lipinski definition) is 3. The average Bonchev–Trinajstić information content (AvgIpc) is 2.56. The van der Waals surface area contributed by atoms with Crippen LogP contribution in [0.1, 0.15) is 12.5 Å². The fraction of sp³-hybridized carbons (Fsp3) is 0.200. The number of fused-ring (bicyclic) bond motifs is 1. The topological polar surface area (TPSA) is 52.9 Å². The van der Waals surface area contributed by atoms with Crippen molar-refractivity contribution in [1.82, 2.24) is 0 Å². The van der Waals surface area contributed by atoms with Gasteiger partial charge in [0.2, 0.25) is 5.91 Å². The van der Waals surface area contributed by atoms with Crippen molar-refractivity contribution < 1.29 is 10.0 Å². The highest BCUT2D eigenvalue weighted by atomic mass is 16.4. The summed E-state index contributed by atoms with van der Waals surface area (Å²) in [6.45, 7) is 1.85. The Morgan fingerprint density at radius 2 is 2.21 bits per heavy atom. The number of hydrogen-bond donors (Lipinski definition) is 1. The van der Waals surface area contributed by atoms with Crippen LogP contribution in [-0.4, -0.2) is 23.4 Å². The summed E-state index contributed by atoms with van der Waals surface area (Å²) in [5.41, 5.74) is 2.17. The molecule has 0 bridgehead atoms. The lowest BCUT2D eigenvalue weighted by atomic mass is 10.1. The predicted molar refractivity (Wildman–Crippen MR) is 52.8 cm³/mol. The molecule has 1 amide bonds. The van der Waals surface area contributed by atoms with Gasteiger partial charge >= 0.3 is 0 Å². The Kier molecular flexibility index (Phi) is 1.96. The number of anilines is 1. The molecule has 14 heavy (non-hydrogen) atoms. The summed E-state index contributed by atoms with van der Waals surface area (Å²) in [6.07, 6.45) is 0. The summed E-state index contributed by atoms with van der Waals surface area (Å²) in [4.78, 5) is 12.8. The van der Waals surface area contributed by atoms with Gasteiger partial charge in [0.15, 0.2) is 0 Å². The fourth-order valence-electron chi connectivity index (χ4n) is 1.64. The lowest BCUT2D eigenvalue weighted by molar-refractivity contribution is -0.116. The summed E-state index contributed by atoms with van der Waals surface area (Å²) in [5.74, 6) is -0.0453. The zero-order chi connectivity index (χ0) is 10.1. The minimum absolute atomic E-state index is 0.0453. The minimum Gasteiger partial charge on any atom is -0.411 e. The van der Waals surface area contributed by atoms with E-state index in [-0.39, 0.29) is 5.91 Å². The van der Waals surface area contributed by atoms with Gasteiger partial charge < -0.3 is 10.1 Å². The number of rotatable bonds is 0. The molecule has 1 aliphatic rings. The third-order valence-electron chi connectivity index (χ3n) is 2.31. The second-order valence-corrected chi connectivity index (χ2v) is 3.17. The van der Waals surface area contributed by atoms with E-state index in [9.17, 15) is 4.79 Å². The van der Waals surface area contributed by atoms with Crippen LogP contribution in [-0.2, 0) is 4.79 Å². The smallest absolute Gasteiger partial charge is 0.224 e. The second-order valence-electron chi connectivity index (χ2n) is 3.17. The number of amides is 1. The summed E-state index contributed by atoms with van der Waals surface area (Å²) < 4.78 is 0. The van der Waals surface area contributed by atoms with Gasteiger partial charge in [-0.25, -0.2) is 0 Å². The average molecular weight is 190 g/mol. The lowest BCUT2D eigenvalue weighted by Gasteiger charge is -2.12. The van der Waals surface area contributed by atoms with E-state index < -0.39 is 0 Å². The first kappa shape index (κ1) is 8.74. The monoisotopic (exact) mass is 190 g/mol. The van der Waals surface area contributed by atoms with Gasteiger partial charge in [0.25, 0.3) is 0 Å². The van der Waals surface area contributed by atoms with Crippen LogP contribution in [0.15, 0.2) is 29.4 Å². The molecule has 1 aliphatic heterocycles. The molecule has 0 aromatic heterocycles. The molecule has 1 N–H and O–H groups in total. The molecule has 72 valence electrons. The first-order valence-corrected chi connectivity index (χ1v) is 4.32. The standard InChI is InChI=1S/C10H10N2O2/c1-7(13)12-6-9(11-14)8-4-2-3-5-10(8)12/h2-5,14H,6H2,1H3/b11-9+. The van der Waals surface area contributed by atoms with Crippen LogP contribution < -0.4 is 4.90 Å². The van der Waals surface area contributed by atoms with Crippen molar-refractivity contribution in [1.29, 1.82) is 0 Å². The normalized spacial score (nSPS) is 17.2. The van der Waals surface area contributed by atoms with E-state index >= 15 is 0 Å². The maximum atomic E-state index is 11.3. The Bertz CT molecular complexity index is 412. The molecule has 0 saturated carbocycles. The van der Waals surface area contributed by atoms with Gasteiger partial charge in [-0.3, -0.25) is 4.79 Å². The number of benzene rings is 1. The first-order chi connectivity index (χ1) is 6.74. The molecule has 0 unspecified atom stereocenters. The molecule has 1 aromatic rings. The number of oxime groups is 1. The SMILES string of the molecule is CC(=O)N1C/C(=N\O)c2ccccc21. The molecule has 0 spiro atoms. The van der Waals surface area contributed by atoms with Gasteiger partial charge in [-0.1, -0.05) is 23.4 Å². The third kappa shape index (κ3) is 1.16. The third-order valence-corrected chi connectivity index (χ3v) is 2.31. The highest BCUT2D eigenvalue weighted by Gasteiger charge is 2.27. The molecule has 0 aliphatic carbocycles. The van der Waals surface area contributed by atoms with Crippen molar-refractivity contribution in [2.24, 2.45) is 5.16 Å². The Balaban J connectivity index is 2.54. The largest absolute Gasteiger partial charge is 0.411 e. The van der Waals surface area contributed by atoms with Crippen LogP contribution >= 0.6 is 0 Å². The second kappa shape index (κ2) is 3.14. The van der Waals surface area contributed by atoms with Crippen LogP contribution in [0.4, 0.5) is 5.69 Å². The van der Waals surface area contributed by atoms with Gasteiger partial charge in [-0.15, -0.1) is 0 Å². The van der Waals surface area contributed by atoms with Crippen molar-refractivity contribution in [2.45, 2.75) is 6.92 Å². The van der Waals surface area contributed by atoms with Crippen molar-refractivity contribution in [3.05, 3.63) is 29.8 Å².